The summed E-state index contributed by atoms with van der Waals surface area (Å²) in [5, 5.41) is 0. The van der Waals surface area contributed by atoms with Gasteiger partial charge in [0.15, 0.2) is 0 Å². The summed E-state index contributed by atoms with van der Waals surface area (Å²) < 4.78 is 8.88. The molecule has 0 aliphatic carbocycles. The van der Waals surface area contributed by atoms with Gasteiger partial charge in [0.2, 0.25) is 0 Å². The molecule has 7 heavy (non-hydrogen) atoms. The molecule has 0 unspecified atom stereocenters. The molecule has 4 nitrogen and oxygen atoms in total. The molecule has 7 heteroatoms. The summed E-state index contributed by atoms with van der Waals surface area (Å²) in [4.78, 5) is 21.6. The molecule has 0 spiro atoms. The average molecular weight is 235 g/mol. The van der Waals surface area contributed by atoms with E-state index in [0.717, 1.165) is 0 Å². The van der Waals surface area contributed by atoms with Gasteiger partial charge < -0.3 is 14.7 Å². The summed E-state index contributed by atoms with van der Waals surface area (Å²) in [6, 6.07) is 0. The van der Waals surface area contributed by atoms with Crippen LogP contribution in [0.2, 0.25) is 0 Å². The average Bonchev–Trinajstić information content (AvgIpc) is 0.722. The van der Waals surface area contributed by atoms with Crippen molar-refractivity contribution in [3.8, 4) is 0 Å². The van der Waals surface area contributed by atoms with Crippen LogP contribution >= 0.6 is 7.82 Å². The van der Waals surface area contributed by atoms with E-state index in [1.165, 1.54) is 0 Å². The first-order valence-corrected chi connectivity index (χ1v) is 2.35. The van der Waals surface area contributed by atoms with Crippen LogP contribution in [0.25, 0.3) is 0 Å². The minimum Gasteiger partial charge on any atom is 0 e. The van der Waals surface area contributed by atoms with Gasteiger partial charge >= 0.3 is 53.3 Å². The number of rotatable bonds is 0. The molecule has 0 radical (unpaired) electrons. The molecule has 0 amide bonds. The van der Waals surface area contributed by atoms with Crippen molar-refractivity contribution in [1.82, 2.24) is 0 Å². The number of hydrogen-bond acceptors (Lipinski definition) is 1. The molecule has 3 N–H and O–H groups in total. The second kappa shape index (κ2) is 6.43. The molecule has 0 bridgehead atoms. The summed E-state index contributed by atoms with van der Waals surface area (Å²) in [6.07, 6.45) is 0. The molecule has 0 saturated heterocycles. The van der Waals surface area contributed by atoms with Crippen molar-refractivity contribution < 1.29 is 41.0 Å². The third kappa shape index (κ3) is 62.1. The van der Waals surface area contributed by atoms with Gasteiger partial charge in [-0.2, -0.15) is 0 Å². The van der Waals surface area contributed by atoms with Crippen molar-refractivity contribution in [1.29, 1.82) is 0 Å². The van der Waals surface area contributed by atoms with Gasteiger partial charge in [-0.05, 0) is 0 Å². The van der Waals surface area contributed by atoms with E-state index in [4.69, 9.17) is 19.2 Å². The summed E-state index contributed by atoms with van der Waals surface area (Å²) >= 11 is 0. The maximum Gasteiger partial charge on any atom is 0 e. The second-order valence-electron chi connectivity index (χ2n) is 0.513. The Kier molecular flexibility index (Phi) is 14.8. The fraction of sp³-hybridized carbons (Fsp3) is 0. The van der Waals surface area contributed by atoms with E-state index in [0.29, 0.717) is 0 Å². The van der Waals surface area contributed by atoms with Crippen LogP contribution in [0, 0.1) is 0 Å². The Morgan fingerprint density at radius 3 is 1.14 bits per heavy atom. The Bertz CT molecular complexity index is 57.8. The van der Waals surface area contributed by atoms with Crippen LogP contribution in [0.3, 0.4) is 0 Å². The third-order valence-corrected chi connectivity index (χ3v) is 0. The standard InChI is InChI=1S/H3O4P.Sr.Ti.2H/c1-5(2,3)4;;;;/h(H3,1,2,3,4);;;;. The zero-order valence-electron chi connectivity index (χ0n) is 2.70. The van der Waals surface area contributed by atoms with Gasteiger partial charge in [-0.25, -0.2) is 4.57 Å². The molecule has 0 aromatic rings. The van der Waals surface area contributed by atoms with Crippen LogP contribution in [-0.2, 0) is 26.3 Å². The fourth-order valence-corrected chi connectivity index (χ4v) is 0. The normalized spacial score (nSPS) is 8.43. The molecule has 0 rings (SSSR count). The summed E-state index contributed by atoms with van der Waals surface area (Å²) in [6.45, 7) is 0. The van der Waals surface area contributed by atoms with E-state index < -0.39 is 7.82 Å². The fourth-order valence-electron chi connectivity index (χ4n) is 0. The van der Waals surface area contributed by atoms with E-state index in [9.17, 15) is 0 Å². The van der Waals surface area contributed by atoms with Crippen molar-refractivity contribution in [2.24, 2.45) is 0 Å². The van der Waals surface area contributed by atoms with Crippen molar-refractivity contribution in [3.05, 3.63) is 0 Å². The van der Waals surface area contributed by atoms with Crippen molar-refractivity contribution in [3.63, 3.8) is 0 Å². The van der Waals surface area contributed by atoms with E-state index >= 15 is 0 Å². The Balaban J connectivity index is -0.0000000800. The number of phosphoric acid groups is 1. The monoisotopic (exact) mass is 236 g/mol. The Morgan fingerprint density at radius 2 is 1.14 bits per heavy atom. The molecule has 0 heterocycles. The third-order valence-electron chi connectivity index (χ3n) is 0. The van der Waals surface area contributed by atoms with E-state index in [-0.39, 0.29) is 67.2 Å². The van der Waals surface area contributed by atoms with Crippen LogP contribution in [0.4, 0.5) is 0 Å². The quantitative estimate of drug-likeness (QED) is 0.340. The first-order valence-electron chi connectivity index (χ1n) is 0.783. The maximum atomic E-state index is 8.88. The largest absolute Gasteiger partial charge is 0 e. The first-order chi connectivity index (χ1) is 2.00. The van der Waals surface area contributed by atoms with Crippen LogP contribution < -0.4 is 0 Å². The van der Waals surface area contributed by atoms with Gasteiger partial charge in [-0.1, -0.05) is 0 Å². The summed E-state index contributed by atoms with van der Waals surface area (Å²) in [7, 11) is -4.64. The first kappa shape index (κ1) is 16.1. The van der Waals surface area contributed by atoms with E-state index in [2.05, 4.69) is 0 Å². The topological polar surface area (TPSA) is 77.8 Å². The zero-order chi connectivity index (χ0) is 4.50. The summed E-state index contributed by atoms with van der Waals surface area (Å²) in [5.74, 6) is 0. The van der Waals surface area contributed by atoms with Crippen molar-refractivity contribution in [2.75, 3.05) is 0 Å². The summed E-state index contributed by atoms with van der Waals surface area (Å²) in [5.41, 5.74) is 0. The molecule has 0 aromatic carbocycles. The smallest absolute Gasteiger partial charge is 0 e. The van der Waals surface area contributed by atoms with E-state index in [1.807, 2.05) is 0 Å². The molecular formula is H5O4PSrTi. The minimum absolute atomic E-state index is 0. The van der Waals surface area contributed by atoms with Crippen LogP contribution in [0.1, 0.15) is 0 Å². The maximum absolute atomic E-state index is 8.88. The Labute approximate surface area is 92.7 Å². The minimum atomic E-state index is -4.64. The van der Waals surface area contributed by atoms with E-state index in [1.54, 1.807) is 0 Å². The zero-order valence-corrected chi connectivity index (χ0v) is 5.15. The molecule has 0 atom stereocenters. The van der Waals surface area contributed by atoms with Gasteiger partial charge in [0.05, 0.1) is 0 Å². The Hall–Kier alpha value is 2.30. The predicted molar refractivity (Wildman–Crippen MR) is 22.8 cm³/mol. The molecule has 0 aliphatic heterocycles. The van der Waals surface area contributed by atoms with Gasteiger partial charge in [0, 0.05) is 21.7 Å². The van der Waals surface area contributed by atoms with Gasteiger partial charge in [-0.3, -0.25) is 0 Å². The molecule has 0 aromatic heterocycles. The van der Waals surface area contributed by atoms with Gasteiger partial charge in [-0.15, -0.1) is 0 Å². The molecular weight excluding hydrogens is 230 g/mol. The Morgan fingerprint density at radius 1 is 1.14 bits per heavy atom. The predicted octanol–water partition coefficient (Wildman–Crippen LogP) is -1.85. The van der Waals surface area contributed by atoms with Gasteiger partial charge in [0.1, 0.15) is 0 Å². The SMILES string of the molecule is O=P(O)(O)O.[SrH2].[Ti]. The van der Waals surface area contributed by atoms with Crippen molar-refractivity contribution in [2.45, 2.75) is 0 Å². The van der Waals surface area contributed by atoms with Crippen LogP contribution in [0.5, 0.6) is 0 Å². The van der Waals surface area contributed by atoms with Crippen molar-refractivity contribution >= 4 is 53.3 Å². The van der Waals surface area contributed by atoms with Gasteiger partial charge in [0.25, 0.3) is 0 Å². The molecule has 0 aliphatic rings. The second-order valence-corrected chi connectivity index (χ2v) is 1.54. The van der Waals surface area contributed by atoms with Crippen LogP contribution in [-0.4, -0.2) is 60.2 Å². The van der Waals surface area contributed by atoms with Crippen LogP contribution in [0.15, 0.2) is 0 Å². The molecule has 40 valence electrons. The molecule has 0 fully saturated rings. The number of hydrogen-bond donors (Lipinski definition) is 3. The molecule has 0 saturated carbocycles.